The van der Waals surface area contributed by atoms with E-state index in [0.29, 0.717) is 40.9 Å². The molecule has 226 valence electrons. The number of H-pyrrole nitrogens is 1. The van der Waals surface area contributed by atoms with Gasteiger partial charge in [0, 0.05) is 53.6 Å². The summed E-state index contributed by atoms with van der Waals surface area (Å²) in [7, 11) is 4.15. The van der Waals surface area contributed by atoms with Crippen LogP contribution in [-0.4, -0.2) is 82.6 Å². The molecule has 9 nitrogen and oxygen atoms in total. The van der Waals surface area contributed by atoms with Crippen LogP contribution in [0.5, 0.6) is 6.01 Å². The van der Waals surface area contributed by atoms with Crippen molar-refractivity contribution in [2.24, 2.45) is 11.3 Å². The number of hydrogen-bond donors (Lipinski definition) is 1. The zero-order chi connectivity index (χ0) is 29.5. The van der Waals surface area contributed by atoms with E-state index < -0.39 is 5.82 Å². The van der Waals surface area contributed by atoms with Crippen LogP contribution >= 0.6 is 11.6 Å². The molecule has 4 fully saturated rings. The first-order valence-electron chi connectivity index (χ1n) is 15.4. The lowest BCUT2D eigenvalue weighted by molar-refractivity contribution is -0.151. The highest BCUT2D eigenvalue weighted by molar-refractivity contribution is 6.33. The molecule has 0 radical (unpaired) electrons. The summed E-state index contributed by atoms with van der Waals surface area (Å²) in [5, 5.41) is 9.23. The summed E-state index contributed by atoms with van der Waals surface area (Å²) in [5.74, 6) is 0.874. The Labute approximate surface area is 255 Å². The first-order chi connectivity index (χ1) is 20.7. The Bertz CT molecular complexity index is 1730. The van der Waals surface area contributed by atoms with Crippen molar-refractivity contribution < 1.29 is 13.9 Å². The van der Waals surface area contributed by atoms with Gasteiger partial charge in [0.15, 0.2) is 5.82 Å². The van der Waals surface area contributed by atoms with Gasteiger partial charge in [-0.15, -0.1) is 0 Å². The zero-order valence-electron chi connectivity index (χ0n) is 24.9. The van der Waals surface area contributed by atoms with Gasteiger partial charge in [0.1, 0.15) is 17.0 Å². The summed E-state index contributed by atoms with van der Waals surface area (Å²) in [4.78, 5) is 18.8. The third kappa shape index (κ3) is 4.73. The first-order valence-corrected chi connectivity index (χ1v) is 15.8. The van der Waals surface area contributed by atoms with E-state index in [9.17, 15) is 0 Å². The molecule has 3 aromatic heterocycles. The molecule has 1 N–H and O–H groups in total. The Morgan fingerprint density at radius 3 is 2.70 bits per heavy atom. The lowest BCUT2D eigenvalue weighted by Gasteiger charge is -2.48. The van der Waals surface area contributed by atoms with Gasteiger partial charge >= 0.3 is 6.01 Å². The molecule has 2 saturated heterocycles. The monoisotopic (exact) mass is 605 g/mol. The fraction of sp³-hybridized carbons (Fsp3) is 0.562. The highest BCUT2D eigenvalue weighted by atomic mass is 35.5. The topological polar surface area (TPSA) is 92.3 Å². The van der Waals surface area contributed by atoms with E-state index in [1.54, 1.807) is 12.4 Å². The number of fused-ring (bicyclic) bond motifs is 2. The third-order valence-electron chi connectivity index (χ3n) is 10.0. The molecule has 1 spiro atoms. The lowest BCUT2D eigenvalue weighted by Crippen LogP contribution is -2.56. The summed E-state index contributed by atoms with van der Waals surface area (Å²) in [6.45, 7) is 5.91. The minimum Gasteiger partial charge on any atom is -0.463 e. The van der Waals surface area contributed by atoms with Gasteiger partial charge in [-0.3, -0.25) is 10.1 Å². The summed E-state index contributed by atoms with van der Waals surface area (Å²) >= 11 is 6.84. The molecule has 8 rings (SSSR count). The zero-order valence-corrected chi connectivity index (χ0v) is 25.7. The van der Waals surface area contributed by atoms with E-state index in [-0.39, 0.29) is 34.2 Å². The minimum absolute atomic E-state index is 0.0857. The largest absolute Gasteiger partial charge is 0.463 e. The average Bonchev–Trinajstić information content (AvgIpc) is 3.85. The van der Waals surface area contributed by atoms with Crippen LogP contribution in [-0.2, 0) is 4.74 Å². The number of ether oxygens (including phenoxy) is 2. The molecule has 2 aliphatic carbocycles. The summed E-state index contributed by atoms with van der Waals surface area (Å²) in [5.41, 5.74) is 2.74. The molecule has 0 unspecified atom stereocenters. The molecule has 4 aromatic rings. The lowest BCUT2D eigenvalue weighted by atomic mass is 9.86. The number of halogens is 2. The van der Waals surface area contributed by atoms with Gasteiger partial charge < -0.3 is 19.3 Å². The number of nitrogens with zero attached hydrogens (tertiary/aromatic N) is 6. The number of anilines is 1. The van der Waals surface area contributed by atoms with Crippen LogP contribution in [0, 0.1) is 17.2 Å². The Hall–Kier alpha value is -3.08. The number of hydrogen-bond acceptors (Lipinski definition) is 8. The van der Waals surface area contributed by atoms with Crippen LogP contribution in [0.15, 0.2) is 18.5 Å². The number of piperidine rings is 1. The van der Waals surface area contributed by atoms with Crippen molar-refractivity contribution in [1.82, 2.24) is 30.0 Å². The van der Waals surface area contributed by atoms with Gasteiger partial charge in [0.2, 0.25) is 0 Å². The normalized spacial score (nSPS) is 26.0. The van der Waals surface area contributed by atoms with Gasteiger partial charge in [-0.2, -0.15) is 15.1 Å². The predicted octanol–water partition coefficient (Wildman–Crippen LogP) is 5.96. The maximum atomic E-state index is 17.0. The standard InChI is InChI=1S/C32H37ClFN7O2/c1-18-11-19(18)24-22(33)12-23-20(14-36-39-23)25(24)28-26(34)27-21(13-35-28)29(41-9-4-5-32(16-41)8-10-43-32)38-30(37-27)42-17-31(6-7-31)15-40(2)3/h12-14,18-19H,4-11,15-17H2,1-3H3,(H,36,39)/t18-,19+,32-/m0/s1. The van der Waals surface area contributed by atoms with Crippen molar-refractivity contribution in [1.29, 1.82) is 0 Å². The van der Waals surface area contributed by atoms with Crippen molar-refractivity contribution in [3.05, 3.63) is 34.9 Å². The smallest absolute Gasteiger partial charge is 0.319 e. The molecular formula is C32H37ClFN7O2. The number of rotatable bonds is 8. The van der Waals surface area contributed by atoms with E-state index in [1.165, 1.54) is 0 Å². The molecule has 2 aliphatic heterocycles. The Balaban J connectivity index is 1.27. The van der Waals surface area contributed by atoms with Crippen LogP contribution < -0.4 is 9.64 Å². The van der Waals surface area contributed by atoms with Gasteiger partial charge in [-0.05, 0) is 69.7 Å². The summed E-state index contributed by atoms with van der Waals surface area (Å²) < 4.78 is 29.3. The quantitative estimate of drug-likeness (QED) is 0.263. The van der Waals surface area contributed by atoms with Gasteiger partial charge in [-0.1, -0.05) is 18.5 Å². The fourth-order valence-corrected chi connectivity index (χ4v) is 7.67. The SMILES string of the molecule is C[C@H]1C[C@H]1c1c(Cl)cc2[nH]ncc2c1-c1ncc2c(N3CCC[C@]4(CCO4)C3)nc(OCC3(CN(C)C)CC3)nc2c1F. The van der Waals surface area contributed by atoms with E-state index in [4.69, 9.17) is 36.0 Å². The van der Waals surface area contributed by atoms with E-state index in [0.717, 1.165) is 74.7 Å². The first kappa shape index (κ1) is 27.5. The predicted molar refractivity (Wildman–Crippen MR) is 164 cm³/mol. The van der Waals surface area contributed by atoms with Crippen LogP contribution in [0.25, 0.3) is 33.1 Å². The molecule has 0 amide bonds. The molecule has 4 aliphatic rings. The van der Waals surface area contributed by atoms with Crippen LogP contribution in [0.3, 0.4) is 0 Å². The second-order valence-corrected chi connectivity index (χ2v) is 14.1. The van der Waals surface area contributed by atoms with Gasteiger partial charge in [0.25, 0.3) is 0 Å². The molecular weight excluding hydrogens is 569 g/mol. The Morgan fingerprint density at radius 2 is 2.00 bits per heavy atom. The van der Waals surface area contributed by atoms with Crippen LogP contribution in [0.1, 0.15) is 56.9 Å². The van der Waals surface area contributed by atoms with Crippen LogP contribution in [0.2, 0.25) is 5.02 Å². The fourth-order valence-electron chi connectivity index (χ4n) is 7.32. The van der Waals surface area contributed by atoms with Crippen molar-refractivity contribution in [3.63, 3.8) is 0 Å². The van der Waals surface area contributed by atoms with Crippen molar-refractivity contribution in [3.8, 4) is 17.3 Å². The average molecular weight is 606 g/mol. The molecule has 0 bridgehead atoms. The summed E-state index contributed by atoms with van der Waals surface area (Å²) in [6.07, 6.45) is 9.67. The van der Waals surface area contributed by atoms with Gasteiger partial charge in [-0.25, -0.2) is 4.39 Å². The Morgan fingerprint density at radius 1 is 1.19 bits per heavy atom. The van der Waals surface area contributed by atoms with E-state index in [2.05, 4.69) is 41.0 Å². The van der Waals surface area contributed by atoms with Crippen LogP contribution in [0.4, 0.5) is 10.2 Å². The molecule has 3 atom stereocenters. The molecule has 1 aromatic carbocycles. The van der Waals surface area contributed by atoms with E-state index in [1.807, 2.05) is 6.07 Å². The number of pyridine rings is 1. The van der Waals surface area contributed by atoms with Crippen molar-refractivity contribution in [2.45, 2.75) is 57.0 Å². The number of nitrogens with one attached hydrogen (secondary N) is 1. The number of aromatic amines is 1. The van der Waals surface area contributed by atoms with Crippen molar-refractivity contribution >= 4 is 39.2 Å². The number of benzene rings is 1. The van der Waals surface area contributed by atoms with Gasteiger partial charge in [0.05, 0.1) is 35.9 Å². The molecule has 11 heteroatoms. The summed E-state index contributed by atoms with van der Waals surface area (Å²) in [6, 6.07) is 2.09. The number of aromatic nitrogens is 5. The Kier molecular flexibility index (Phi) is 6.37. The minimum atomic E-state index is -0.494. The maximum Gasteiger partial charge on any atom is 0.319 e. The van der Waals surface area contributed by atoms with Crippen molar-refractivity contribution in [2.75, 3.05) is 51.8 Å². The second kappa shape index (κ2) is 9.97. The maximum absolute atomic E-state index is 17.0. The molecule has 2 saturated carbocycles. The molecule has 5 heterocycles. The molecule has 43 heavy (non-hydrogen) atoms. The second-order valence-electron chi connectivity index (χ2n) is 13.6. The highest BCUT2D eigenvalue weighted by Gasteiger charge is 2.45. The highest BCUT2D eigenvalue weighted by Crippen LogP contribution is 2.54. The third-order valence-corrected chi connectivity index (χ3v) is 10.3. The van der Waals surface area contributed by atoms with E-state index >= 15 is 4.39 Å².